The molecule has 4 atom stereocenters. The molecule has 4 aliphatic rings. The lowest BCUT2D eigenvalue weighted by molar-refractivity contribution is -0.121. The largest absolute Gasteiger partial charge is 0.490 e. The summed E-state index contributed by atoms with van der Waals surface area (Å²) in [7, 11) is -2.88. The van der Waals surface area contributed by atoms with Crippen molar-refractivity contribution in [2.45, 2.75) is 50.4 Å². The van der Waals surface area contributed by atoms with Crippen molar-refractivity contribution in [3.05, 3.63) is 58.1 Å². The Morgan fingerprint density at radius 3 is 2.74 bits per heavy atom. The van der Waals surface area contributed by atoms with E-state index >= 15 is 0 Å². The minimum Gasteiger partial charge on any atom is -0.490 e. The lowest BCUT2D eigenvalue weighted by Crippen LogP contribution is -2.49. The maximum atomic E-state index is 13.2. The fraction of sp³-hybridized carbons (Fsp3) is 0.500. The molecule has 1 spiro atoms. The van der Waals surface area contributed by atoms with E-state index in [9.17, 15) is 13.8 Å². The third-order valence-electron chi connectivity index (χ3n) is 9.05. The van der Waals surface area contributed by atoms with E-state index < -0.39 is 15.6 Å². The van der Waals surface area contributed by atoms with Crippen molar-refractivity contribution >= 4 is 44.7 Å². The van der Waals surface area contributed by atoms with Gasteiger partial charge in [0.05, 0.1) is 12.3 Å². The van der Waals surface area contributed by atoms with Gasteiger partial charge in [0.2, 0.25) is 5.91 Å². The quantitative estimate of drug-likeness (QED) is 0.466. The summed E-state index contributed by atoms with van der Waals surface area (Å²) < 4.78 is 22.2. The lowest BCUT2D eigenvalue weighted by Gasteiger charge is -2.44. The second kappa shape index (κ2) is 10.4. The van der Waals surface area contributed by atoms with E-state index in [4.69, 9.17) is 16.3 Å². The molecule has 2 N–H and O–H groups in total. The molecule has 1 saturated carbocycles. The summed E-state index contributed by atoms with van der Waals surface area (Å²) in [5.41, 5.74) is 3.70. The number of ether oxygens (including phenoxy) is 1. The number of amides is 2. The fourth-order valence-corrected chi connectivity index (χ4v) is 8.13. The van der Waals surface area contributed by atoms with Crippen LogP contribution < -0.4 is 19.7 Å². The Morgan fingerprint density at radius 2 is 1.92 bits per heavy atom. The average molecular weight is 570 g/mol. The van der Waals surface area contributed by atoms with Gasteiger partial charge in [-0.25, -0.2) is 4.21 Å². The molecule has 1 fully saturated rings. The number of halogens is 1. The van der Waals surface area contributed by atoms with Crippen LogP contribution in [0.2, 0.25) is 5.02 Å². The Labute approximate surface area is 235 Å². The number of anilines is 1. The molecule has 6 rings (SSSR count). The minimum atomic E-state index is -2.88. The first kappa shape index (κ1) is 26.5. The van der Waals surface area contributed by atoms with E-state index in [2.05, 4.69) is 32.9 Å². The number of nitrogens with zero attached hydrogens (tertiary/aromatic N) is 1. The lowest BCUT2D eigenvalue weighted by atomic mass is 9.69. The molecule has 7 nitrogen and oxygen atoms in total. The molecule has 2 aromatic rings. The highest BCUT2D eigenvalue weighted by atomic mass is 35.5. The standard InChI is InChI=1S/C30H36ClN3O4S/c1-39(37)13-3-5-28(35)32-16-22-6-7-23(22)17-34-18-30(12-2-4-20-14-24(31)9-10-25(20)30)19-38-27-11-8-21(15-26(27)34)29(36)33-39/h8-11,14-15,22-23H,1-7,12-13,16-19H2,(H,32,35)(H,33,36,37)/t22-,23-,30-,39?/m0/s1. The van der Waals surface area contributed by atoms with Crippen LogP contribution >= 0.6 is 11.6 Å². The molecule has 39 heavy (non-hydrogen) atoms. The molecule has 9 heteroatoms. The Kier molecular flexibility index (Phi) is 7.04. The Balaban J connectivity index is 1.40. The van der Waals surface area contributed by atoms with Crippen LogP contribution in [0, 0.1) is 11.8 Å². The van der Waals surface area contributed by atoms with E-state index in [1.54, 1.807) is 6.07 Å². The number of hydrogen-bond acceptors (Lipinski definition) is 5. The Hall–Kier alpha value is -2.71. The molecule has 2 heterocycles. The third kappa shape index (κ3) is 5.38. The topological polar surface area (TPSA) is 87.7 Å². The molecule has 0 aromatic heterocycles. The molecule has 2 bridgehead atoms. The summed E-state index contributed by atoms with van der Waals surface area (Å²) in [5.74, 6) is 5.05. The molecule has 2 aromatic carbocycles. The fourth-order valence-electron chi connectivity index (χ4n) is 6.76. The summed E-state index contributed by atoms with van der Waals surface area (Å²) in [6.45, 7) is 2.79. The first-order chi connectivity index (χ1) is 18.7. The van der Waals surface area contributed by atoms with E-state index in [1.165, 1.54) is 11.1 Å². The molecule has 2 amide bonds. The van der Waals surface area contributed by atoms with Gasteiger partial charge in [-0.05, 0) is 97.7 Å². The van der Waals surface area contributed by atoms with E-state index in [1.807, 2.05) is 18.2 Å². The van der Waals surface area contributed by atoms with Gasteiger partial charge < -0.3 is 15.0 Å². The number of hydrogen-bond donors (Lipinski definition) is 2. The van der Waals surface area contributed by atoms with Crippen molar-refractivity contribution < 1.29 is 18.5 Å². The van der Waals surface area contributed by atoms with Gasteiger partial charge in [-0.2, -0.15) is 0 Å². The Morgan fingerprint density at radius 1 is 1.08 bits per heavy atom. The highest BCUT2D eigenvalue weighted by Crippen LogP contribution is 2.46. The molecule has 0 saturated heterocycles. The van der Waals surface area contributed by atoms with Crippen molar-refractivity contribution in [3.63, 3.8) is 0 Å². The van der Waals surface area contributed by atoms with Crippen LogP contribution in [-0.2, 0) is 26.3 Å². The smallest absolute Gasteiger partial charge is 0.262 e. The highest BCUT2D eigenvalue weighted by molar-refractivity contribution is 7.99. The second-order valence-corrected chi connectivity index (χ2v) is 14.4. The zero-order chi connectivity index (χ0) is 27.2. The molecule has 0 radical (unpaired) electrons. The summed E-state index contributed by atoms with van der Waals surface area (Å²) in [6.07, 6.45) is 5.94. The summed E-state index contributed by atoms with van der Waals surface area (Å²) in [5, 5.41) is 3.84. The molecule has 208 valence electrons. The summed E-state index contributed by atoms with van der Waals surface area (Å²) in [6, 6.07) is 11.7. The van der Waals surface area contributed by atoms with Gasteiger partial charge in [0.15, 0.2) is 0 Å². The van der Waals surface area contributed by atoms with Gasteiger partial charge >= 0.3 is 0 Å². The number of benzene rings is 2. The van der Waals surface area contributed by atoms with Gasteiger partial charge in [-0.3, -0.25) is 14.3 Å². The number of rotatable bonds is 0. The summed E-state index contributed by atoms with van der Waals surface area (Å²) in [4.78, 5) is 28.1. The molecule has 1 unspecified atom stereocenters. The van der Waals surface area contributed by atoms with Crippen molar-refractivity contribution in [3.8, 4) is 5.75 Å². The number of carbonyl (C=O) groups is 2. The van der Waals surface area contributed by atoms with Gasteiger partial charge in [-0.15, -0.1) is 0 Å². The zero-order valence-corrected chi connectivity index (χ0v) is 23.8. The Bertz CT molecular complexity index is 1410. The normalized spacial score (nSPS) is 31.1. The maximum absolute atomic E-state index is 13.2. The van der Waals surface area contributed by atoms with Gasteiger partial charge in [0.25, 0.3) is 5.91 Å². The van der Waals surface area contributed by atoms with Crippen LogP contribution in [-0.4, -0.2) is 53.9 Å². The number of carbonyl (C=O) groups excluding carboxylic acids is 2. The van der Waals surface area contributed by atoms with Gasteiger partial charge in [0, 0.05) is 57.5 Å². The monoisotopic (exact) mass is 569 g/mol. The van der Waals surface area contributed by atoms with Crippen molar-refractivity contribution in [1.29, 1.82) is 0 Å². The summed E-state index contributed by atoms with van der Waals surface area (Å²) >= 11 is 6.37. The van der Waals surface area contributed by atoms with Crippen LogP contribution in [0.4, 0.5) is 5.69 Å². The third-order valence-corrected chi connectivity index (χ3v) is 10.8. The predicted octanol–water partition coefficient (Wildman–Crippen LogP) is 4.11. The number of fused-ring (bicyclic) bond motifs is 4. The predicted molar refractivity (Wildman–Crippen MR) is 156 cm³/mol. The van der Waals surface area contributed by atoms with Gasteiger partial charge in [0.1, 0.15) is 5.75 Å². The average Bonchev–Trinajstić information content (AvgIpc) is 3.03. The minimum absolute atomic E-state index is 0.0404. The second-order valence-electron chi connectivity index (χ2n) is 11.7. The molecule has 2 aliphatic heterocycles. The molecule has 2 aliphatic carbocycles. The first-order valence-corrected chi connectivity index (χ1v) is 16.2. The van der Waals surface area contributed by atoms with E-state index in [0.717, 1.165) is 61.7 Å². The first-order valence-electron chi connectivity index (χ1n) is 14.0. The van der Waals surface area contributed by atoms with E-state index in [-0.39, 0.29) is 23.5 Å². The SMILES string of the molecule is C=S1(=O)CCCC(=O)NC[C@@H]2CC[C@H]2CN2C[C@@]3(CCCc4cc(Cl)ccc43)COc3ccc(cc32)C(=O)N1. The van der Waals surface area contributed by atoms with Crippen LogP contribution in [0.3, 0.4) is 0 Å². The highest BCUT2D eigenvalue weighted by Gasteiger charge is 2.43. The van der Waals surface area contributed by atoms with Crippen LogP contribution in [0.25, 0.3) is 0 Å². The van der Waals surface area contributed by atoms with Crippen LogP contribution in [0.15, 0.2) is 36.4 Å². The number of aryl methyl sites for hydroxylation is 1. The van der Waals surface area contributed by atoms with Gasteiger partial charge in [-0.1, -0.05) is 17.7 Å². The van der Waals surface area contributed by atoms with Crippen LogP contribution in [0.5, 0.6) is 5.75 Å². The van der Waals surface area contributed by atoms with Crippen molar-refractivity contribution in [1.82, 2.24) is 10.0 Å². The van der Waals surface area contributed by atoms with E-state index in [0.29, 0.717) is 37.0 Å². The number of nitrogens with one attached hydrogen (secondary N) is 2. The molecular formula is C30H36ClN3O4S. The van der Waals surface area contributed by atoms with Crippen molar-refractivity contribution in [2.24, 2.45) is 11.8 Å². The van der Waals surface area contributed by atoms with Crippen LogP contribution in [0.1, 0.15) is 60.0 Å². The van der Waals surface area contributed by atoms with Crippen molar-refractivity contribution in [2.75, 3.05) is 36.9 Å². The zero-order valence-electron chi connectivity index (χ0n) is 22.2. The molecular weight excluding hydrogens is 534 g/mol. The maximum Gasteiger partial charge on any atom is 0.262 e.